The molecule has 0 spiro atoms. The van der Waals surface area contributed by atoms with Crippen molar-refractivity contribution in [2.45, 2.75) is 57.9 Å². The largest absolute Gasteiger partial charge is 0.353 e. The number of rotatable bonds is 6. The Morgan fingerprint density at radius 2 is 1.83 bits per heavy atom. The highest BCUT2D eigenvalue weighted by Gasteiger charge is 2.35. The Hall–Kier alpha value is -2.26. The summed E-state index contributed by atoms with van der Waals surface area (Å²) in [6, 6.07) is 5.87. The van der Waals surface area contributed by atoms with Crippen molar-refractivity contribution in [1.29, 1.82) is 0 Å². The quantitative estimate of drug-likeness (QED) is 0.755. The summed E-state index contributed by atoms with van der Waals surface area (Å²) in [5, 5.41) is 7.36. The van der Waals surface area contributed by atoms with Crippen molar-refractivity contribution in [3.05, 3.63) is 41.5 Å². The Bertz CT molecular complexity index is 1010. The predicted molar refractivity (Wildman–Crippen MR) is 112 cm³/mol. The first kappa shape index (κ1) is 22.4. The van der Waals surface area contributed by atoms with Crippen molar-refractivity contribution < 1.29 is 17.6 Å². The van der Waals surface area contributed by atoms with Crippen molar-refractivity contribution in [2.75, 3.05) is 13.1 Å². The molecule has 1 aliphatic rings. The summed E-state index contributed by atoms with van der Waals surface area (Å²) in [7, 11) is -3.75. The van der Waals surface area contributed by atoms with Crippen LogP contribution in [0.1, 0.15) is 44.5 Å². The van der Waals surface area contributed by atoms with Gasteiger partial charge in [0.05, 0.1) is 17.1 Å². The lowest BCUT2D eigenvalue weighted by atomic mass is 9.97. The van der Waals surface area contributed by atoms with Crippen LogP contribution >= 0.6 is 0 Å². The number of aryl methyl sites for hydroxylation is 1. The van der Waals surface area contributed by atoms with E-state index in [-0.39, 0.29) is 28.6 Å². The highest BCUT2D eigenvalue weighted by atomic mass is 32.2. The molecule has 1 saturated heterocycles. The Balaban J connectivity index is 1.78. The van der Waals surface area contributed by atoms with Gasteiger partial charge in [0.15, 0.2) is 0 Å². The molecule has 30 heavy (non-hydrogen) atoms. The van der Waals surface area contributed by atoms with Crippen LogP contribution in [0.5, 0.6) is 0 Å². The van der Waals surface area contributed by atoms with Gasteiger partial charge in [0.2, 0.25) is 15.9 Å². The average molecular weight is 437 g/mol. The molecule has 0 radical (unpaired) electrons. The van der Waals surface area contributed by atoms with Gasteiger partial charge in [-0.2, -0.15) is 9.40 Å². The Labute approximate surface area is 177 Å². The van der Waals surface area contributed by atoms with Gasteiger partial charge in [0.1, 0.15) is 10.7 Å². The third-order valence-corrected chi connectivity index (χ3v) is 7.87. The smallest absolute Gasteiger partial charge is 0.246 e. The number of carbonyl (C=O) groups excluding carboxylic acids is 1. The molecule has 1 amide bonds. The average Bonchev–Trinajstić information content (AvgIpc) is 3.03. The molecule has 9 heteroatoms. The minimum atomic E-state index is -3.75. The molecule has 7 nitrogen and oxygen atoms in total. The van der Waals surface area contributed by atoms with Crippen LogP contribution in [0.4, 0.5) is 4.39 Å². The fraction of sp³-hybridized carbons (Fsp3) is 0.524. The highest BCUT2D eigenvalue weighted by Crippen LogP contribution is 2.29. The van der Waals surface area contributed by atoms with Gasteiger partial charge in [0.25, 0.3) is 0 Å². The van der Waals surface area contributed by atoms with Gasteiger partial charge < -0.3 is 5.32 Å². The van der Waals surface area contributed by atoms with E-state index in [1.54, 1.807) is 26.0 Å². The van der Waals surface area contributed by atoms with Gasteiger partial charge in [-0.1, -0.05) is 6.92 Å². The molecule has 1 atom stereocenters. The van der Waals surface area contributed by atoms with E-state index in [0.717, 1.165) is 6.42 Å². The highest BCUT2D eigenvalue weighted by molar-refractivity contribution is 7.89. The molecule has 1 aromatic heterocycles. The van der Waals surface area contributed by atoms with E-state index >= 15 is 0 Å². The van der Waals surface area contributed by atoms with Crippen LogP contribution in [-0.4, -0.2) is 47.5 Å². The van der Waals surface area contributed by atoms with Crippen LogP contribution < -0.4 is 5.32 Å². The number of hydrogen-bond acceptors (Lipinski definition) is 4. The maximum absolute atomic E-state index is 13.3. The molecule has 2 aromatic rings. The number of halogens is 1. The molecule has 3 rings (SSSR count). The van der Waals surface area contributed by atoms with Gasteiger partial charge in [-0.15, -0.1) is 0 Å². The van der Waals surface area contributed by atoms with Crippen LogP contribution in [0.15, 0.2) is 29.2 Å². The number of nitrogens with zero attached hydrogens (tertiary/aromatic N) is 3. The Kier molecular flexibility index (Phi) is 6.62. The minimum Gasteiger partial charge on any atom is -0.353 e. The van der Waals surface area contributed by atoms with Gasteiger partial charge >= 0.3 is 0 Å². The first-order chi connectivity index (χ1) is 14.1. The monoisotopic (exact) mass is 436 g/mol. The summed E-state index contributed by atoms with van der Waals surface area (Å²) in [6.45, 7) is 7.91. The fourth-order valence-electron chi connectivity index (χ4n) is 3.79. The zero-order valence-corrected chi connectivity index (χ0v) is 18.7. The minimum absolute atomic E-state index is 0.00196. The summed E-state index contributed by atoms with van der Waals surface area (Å²) in [5.41, 5.74) is 1.48. The molecule has 0 unspecified atom stereocenters. The van der Waals surface area contributed by atoms with Gasteiger partial charge in [-0.3, -0.25) is 4.79 Å². The van der Waals surface area contributed by atoms with Crippen molar-refractivity contribution in [2.24, 2.45) is 5.92 Å². The van der Waals surface area contributed by atoms with Crippen LogP contribution in [-0.2, 0) is 14.8 Å². The lowest BCUT2D eigenvalue weighted by Crippen LogP contribution is -2.44. The number of benzene rings is 1. The van der Waals surface area contributed by atoms with Crippen LogP contribution in [0.3, 0.4) is 0 Å². The Morgan fingerprint density at radius 3 is 2.40 bits per heavy atom. The molecule has 0 bridgehead atoms. The topological polar surface area (TPSA) is 84.3 Å². The molecule has 2 heterocycles. The first-order valence-corrected chi connectivity index (χ1v) is 11.7. The summed E-state index contributed by atoms with van der Waals surface area (Å²) in [5.74, 6) is -0.541. The zero-order valence-electron chi connectivity index (χ0n) is 17.9. The molecule has 1 N–H and O–H groups in total. The van der Waals surface area contributed by atoms with E-state index in [1.165, 1.54) is 21.1 Å². The normalized spacial score (nSPS) is 17.1. The second kappa shape index (κ2) is 8.85. The summed E-state index contributed by atoms with van der Waals surface area (Å²) in [6.07, 6.45) is 1.84. The maximum atomic E-state index is 13.3. The van der Waals surface area contributed by atoms with Crippen molar-refractivity contribution >= 4 is 15.9 Å². The molecular weight excluding hydrogens is 407 g/mol. The van der Waals surface area contributed by atoms with E-state index in [0.29, 0.717) is 43.0 Å². The van der Waals surface area contributed by atoms with E-state index in [9.17, 15) is 17.6 Å². The number of carbonyl (C=O) groups is 1. The van der Waals surface area contributed by atoms with E-state index in [2.05, 4.69) is 10.4 Å². The second-order valence-electron chi connectivity index (χ2n) is 7.88. The van der Waals surface area contributed by atoms with Crippen LogP contribution in [0.2, 0.25) is 0 Å². The number of sulfonamides is 1. The number of hydrogen-bond donors (Lipinski definition) is 1. The summed E-state index contributed by atoms with van der Waals surface area (Å²) < 4.78 is 42.9. The summed E-state index contributed by atoms with van der Waals surface area (Å²) >= 11 is 0. The lowest BCUT2D eigenvalue weighted by molar-refractivity contribution is -0.126. The number of amides is 1. The molecule has 1 aromatic carbocycles. The molecular formula is C21H29FN4O3S. The van der Waals surface area contributed by atoms with Crippen molar-refractivity contribution in [3.8, 4) is 5.69 Å². The van der Waals surface area contributed by atoms with Gasteiger partial charge in [-0.05, 0) is 64.3 Å². The van der Waals surface area contributed by atoms with E-state index < -0.39 is 10.0 Å². The van der Waals surface area contributed by atoms with Crippen LogP contribution in [0, 0.1) is 25.6 Å². The molecule has 0 saturated carbocycles. The van der Waals surface area contributed by atoms with E-state index in [4.69, 9.17) is 0 Å². The first-order valence-electron chi connectivity index (χ1n) is 10.3. The molecule has 164 valence electrons. The molecule has 1 fully saturated rings. The van der Waals surface area contributed by atoms with E-state index in [1.807, 2.05) is 13.8 Å². The van der Waals surface area contributed by atoms with Gasteiger partial charge in [-0.25, -0.2) is 17.5 Å². The van der Waals surface area contributed by atoms with Crippen LogP contribution in [0.25, 0.3) is 5.69 Å². The SMILES string of the molecule is CC[C@@H](C)NC(=O)C1CCN(S(=O)(=O)c2c(C)nn(-c3ccc(F)cc3)c2C)CC1. The standard InChI is InChI=1S/C21H29FN4O3S/c1-5-14(2)23-21(27)17-10-12-25(13-11-17)30(28,29)20-15(3)24-26(16(20)4)19-8-6-18(22)7-9-19/h6-9,14,17H,5,10-13H2,1-4H3,(H,23,27)/t14-/m1/s1. The summed E-state index contributed by atoms with van der Waals surface area (Å²) in [4.78, 5) is 12.5. The van der Waals surface area contributed by atoms with Gasteiger partial charge in [0, 0.05) is 25.0 Å². The molecule has 1 aliphatic heterocycles. The molecule has 0 aliphatic carbocycles. The number of nitrogens with one attached hydrogen (secondary N) is 1. The second-order valence-corrected chi connectivity index (χ2v) is 9.76. The van der Waals surface area contributed by atoms with Crippen molar-refractivity contribution in [1.82, 2.24) is 19.4 Å². The Morgan fingerprint density at radius 1 is 1.23 bits per heavy atom. The number of aromatic nitrogens is 2. The predicted octanol–water partition coefficient (Wildman–Crippen LogP) is 2.94. The third-order valence-electron chi connectivity index (χ3n) is 5.72. The maximum Gasteiger partial charge on any atom is 0.246 e. The third kappa shape index (κ3) is 4.41. The number of piperidine rings is 1. The van der Waals surface area contributed by atoms with Crippen molar-refractivity contribution in [3.63, 3.8) is 0 Å². The lowest BCUT2D eigenvalue weighted by Gasteiger charge is -2.31. The fourth-order valence-corrected chi connectivity index (χ4v) is 5.61. The zero-order chi connectivity index (χ0) is 22.1.